The minimum Gasteiger partial charge on any atom is -0.403 e. The maximum Gasteiger partial charge on any atom is 0.573 e. The third-order valence-electron chi connectivity index (χ3n) is 2.33. The molecule has 0 aliphatic rings. The molecule has 0 amide bonds. The van der Waals surface area contributed by atoms with Crippen molar-refractivity contribution in [2.24, 2.45) is 0 Å². The van der Waals surface area contributed by atoms with Crippen LogP contribution in [0.4, 0.5) is 17.6 Å². The molecule has 0 spiro atoms. The Hall–Kier alpha value is -2.44. The number of nitrogens with zero attached hydrogens (tertiary/aromatic N) is 1. The predicted octanol–water partition coefficient (Wildman–Crippen LogP) is 3.35. The van der Waals surface area contributed by atoms with Crippen LogP contribution in [0.3, 0.4) is 0 Å². The zero-order valence-electron chi connectivity index (χ0n) is 9.82. The highest BCUT2D eigenvalue weighted by Crippen LogP contribution is 2.28. The average molecular weight is 285 g/mol. The second kappa shape index (κ2) is 5.28. The Morgan fingerprint density at radius 2 is 1.85 bits per heavy atom. The largest absolute Gasteiger partial charge is 0.573 e. The molecule has 1 aromatic heterocycles. The van der Waals surface area contributed by atoms with Crippen LogP contribution in [0.1, 0.15) is 16.1 Å². The summed E-state index contributed by atoms with van der Waals surface area (Å²) < 4.78 is 53.6. The molecule has 0 saturated carbocycles. The van der Waals surface area contributed by atoms with Gasteiger partial charge in [0.05, 0.1) is 5.56 Å². The fourth-order valence-electron chi connectivity index (χ4n) is 1.52. The molecular formula is C13H7F4NO2. The van der Waals surface area contributed by atoms with E-state index in [2.05, 4.69) is 9.72 Å². The van der Waals surface area contributed by atoms with Gasteiger partial charge in [-0.05, 0) is 24.3 Å². The Bertz CT molecular complexity index is 626. The molecular weight excluding hydrogens is 278 g/mol. The second-order valence-electron chi connectivity index (χ2n) is 3.71. The van der Waals surface area contributed by atoms with Crippen molar-refractivity contribution in [3.05, 3.63) is 59.7 Å². The van der Waals surface area contributed by atoms with E-state index in [1.807, 2.05) is 0 Å². The topological polar surface area (TPSA) is 39.2 Å². The third-order valence-corrected chi connectivity index (χ3v) is 2.33. The first-order chi connectivity index (χ1) is 9.38. The van der Waals surface area contributed by atoms with E-state index in [4.69, 9.17) is 0 Å². The lowest BCUT2D eigenvalue weighted by Crippen LogP contribution is -2.19. The molecule has 0 fully saturated rings. The van der Waals surface area contributed by atoms with Gasteiger partial charge in [-0.15, -0.1) is 13.2 Å². The Kier molecular flexibility index (Phi) is 3.69. The first-order valence-corrected chi connectivity index (χ1v) is 5.38. The van der Waals surface area contributed by atoms with E-state index in [1.165, 1.54) is 18.3 Å². The van der Waals surface area contributed by atoms with Gasteiger partial charge in [0.15, 0.2) is 11.6 Å². The van der Waals surface area contributed by atoms with Gasteiger partial charge in [-0.1, -0.05) is 12.1 Å². The Balaban J connectivity index is 2.39. The van der Waals surface area contributed by atoms with Crippen molar-refractivity contribution in [2.75, 3.05) is 0 Å². The number of hydrogen-bond acceptors (Lipinski definition) is 3. The number of ketones is 1. The van der Waals surface area contributed by atoms with Crippen molar-refractivity contribution < 1.29 is 27.1 Å². The number of ether oxygens (including phenoxy) is 1. The number of hydrogen-bond donors (Lipinski definition) is 0. The first-order valence-electron chi connectivity index (χ1n) is 5.38. The van der Waals surface area contributed by atoms with Gasteiger partial charge in [0.2, 0.25) is 5.78 Å². The van der Waals surface area contributed by atoms with Crippen molar-refractivity contribution >= 4 is 5.78 Å². The van der Waals surface area contributed by atoms with Crippen molar-refractivity contribution in [1.29, 1.82) is 0 Å². The Morgan fingerprint density at radius 3 is 2.45 bits per heavy atom. The summed E-state index contributed by atoms with van der Waals surface area (Å²) in [4.78, 5) is 15.7. The number of aromatic nitrogens is 1. The highest BCUT2D eigenvalue weighted by atomic mass is 19.4. The number of carbonyl (C=O) groups is 1. The highest BCUT2D eigenvalue weighted by Gasteiger charge is 2.33. The van der Waals surface area contributed by atoms with Gasteiger partial charge >= 0.3 is 6.36 Å². The van der Waals surface area contributed by atoms with Crippen LogP contribution in [0, 0.1) is 5.82 Å². The quantitative estimate of drug-likeness (QED) is 0.641. The number of halogens is 4. The van der Waals surface area contributed by atoms with E-state index in [-0.39, 0.29) is 5.69 Å². The summed E-state index contributed by atoms with van der Waals surface area (Å²) in [6, 6.07) is 7.34. The number of pyridine rings is 1. The third kappa shape index (κ3) is 3.11. The van der Waals surface area contributed by atoms with Crippen LogP contribution in [0.25, 0.3) is 0 Å². The van der Waals surface area contributed by atoms with E-state index in [0.717, 1.165) is 18.2 Å². The summed E-state index contributed by atoms with van der Waals surface area (Å²) in [5.74, 6) is -3.25. The van der Waals surface area contributed by atoms with Crippen LogP contribution in [0.2, 0.25) is 0 Å². The van der Waals surface area contributed by atoms with Crippen molar-refractivity contribution in [1.82, 2.24) is 4.98 Å². The minimum atomic E-state index is -5.03. The average Bonchev–Trinajstić information content (AvgIpc) is 2.40. The summed E-state index contributed by atoms with van der Waals surface area (Å²) in [6.45, 7) is 0. The number of benzene rings is 1. The Labute approximate surface area is 110 Å². The number of carbonyl (C=O) groups excluding carboxylic acids is 1. The first kappa shape index (κ1) is 14.0. The number of rotatable bonds is 3. The summed E-state index contributed by atoms with van der Waals surface area (Å²) >= 11 is 0. The summed E-state index contributed by atoms with van der Waals surface area (Å²) in [6.07, 6.45) is -3.71. The molecule has 1 aromatic carbocycles. The summed E-state index contributed by atoms with van der Waals surface area (Å²) in [5.41, 5.74) is -0.610. The molecule has 0 radical (unpaired) electrons. The van der Waals surface area contributed by atoms with Crippen molar-refractivity contribution in [2.45, 2.75) is 6.36 Å². The van der Waals surface area contributed by atoms with Gasteiger partial charge in [-0.3, -0.25) is 9.78 Å². The maximum atomic E-state index is 13.9. The molecule has 1 heterocycles. The van der Waals surface area contributed by atoms with Crippen LogP contribution in [-0.2, 0) is 0 Å². The van der Waals surface area contributed by atoms with Crippen molar-refractivity contribution in [3.63, 3.8) is 0 Å². The van der Waals surface area contributed by atoms with Gasteiger partial charge in [0.25, 0.3) is 0 Å². The highest BCUT2D eigenvalue weighted by molar-refractivity contribution is 6.08. The maximum absolute atomic E-state index is 13.9. The Morgan fingerprint density at radius 1 is 1.10 bits per heavy atom. The molecule has 2 rings (SSSR count). The zero-order chi connectivity index (χ0) is 14.8. The summed E-state index contributed by atoms with van der Waals surface area (Å²) in [7, 11) is 0. The lowest BCUT2D eigenvalue weighted by Gasteiger charge is -2.11. The molecule has 0 saturated heterocycles. The summed E-state index contributed by atoms with van der Waals surface area (Å²) in [5, 5.41) is 0. The lowest BCUT2D eigenvalue weighted by molar-refractivity contribution is -0.275. The molecule has 104 valence electrons. The van der Waals surface area contributed by atoms with Gasteiger partial charge in [0, 0.05) is 6.20 Å². The zero-order valence-corrected chi connectivity index (χ0v) is 9.82. The fourth-order valence-corrected chi connectivity index (χ4v) is 1.52. The van der Waals surface area contributed by atoms with Gasteiger partial charge in [-0.25, -0.2) is 4.39 Å². The molecule has 2 aromatic rings. The van der Waals surface area contributed by atoms with E-state index in [0.29, 0.717) is 0 Å². The SMILES string of the molecule is O=C(c1ccccn1)c1cccc(OC(F)(F)F)c1F. The molecule has 7 heteroatoms. The van der Waals surface area contributed by atoms with Gasteiger partial charge in [0.1, 0.15) is 5.69 Å². The molecule has 0 aliphatic heterocycles. The van der Waals surface area contributed by atoms with Crippen molar-refractivity contribution in [3.8, 4) is 5.75 Å². The predicted molar refractivity (Wildman–Crippen MR) is 60.8 cm³/mol. The van der Waals surface area contributed by atoms with Gasteiger partial charge < -0.3 is 4.74 Å². The van der Waals surface area contributed by atoms with Crippen LogP contribution < -0.4 is 4.74 Å². The van der Waals surface area contributed by atoms with E-state index < -0.39 is 29.3 Å². The molecule has 0 aliphatic carbocycles. The molecule has 0 unspecified atom stereocenters. The molecule has 0 atom stereocenters. The molecule has 20 heavy (non-hydrogen) atoms. The molecule has 3 nitrogen and oxygen atoms in total. The van der Waals surface area contributed by atoms with Crippen LogP contribution >= 0.6 is 0 Å². The van der Waals surface area contributed by atoms with Gasteiger partial charge in [-0.2, -0.15) is 0 Å². The van der Waals surface area contributed by atoms with E-state index in [1.54, 1.807) is 6.07 Å². The van der Waals surface area contributed by atoms with E-state index in [9.17, 15) is 22.4 Å². The van der Waals surface area contributed by atoms with Crippen LogP contribution in [0.5, 0.6) is 5.75 Å². The number of alkyl halides is 3. The normalized spacial score (nSPS) is 11.2. The minimum absolute atomic E-state index is 0.0736. The second-order valence-corrected chi connectivity index (χ2v) is 3.71. The van der Waals surface area contributed by atoms with E-state index >= 15 is 0 Å². The standard InChI is InChI=1S/C13H7F4NO2/c14-11-8(12(19)9-5-1-2-7-18-9)4-3-6-10(11)20-13(15,16)17/h1-7H. The van der Waals surface area contributed by atoms with Crippen LogP contribution in [0.15, 0.2) is 42.6 Å². The van der Waals surface area contributed by atoms with Crippen LogP contribution in [-0.4, -0.2) is 17.1 Å². The monoisotopic (exact) mass is 285 g/mol. The fraction of sp³-hybridized carbons (Fsp3) is 0.0769. The smallest absolute Gasteiger partial charge is 0.403 e. The molecule has 0 N–H and O–H groups in total. The molecule has 0 bridgehead atoms. The lowest BCUT2D eigenvalue weighted by atomic mass is 10.1.